The molecule has 0 bridgehead atoms. The second kappa shape index (κ2) is 4.28. The first-order chi connectivity index (χ1) is 7.22. The quantitative estimate of drug-likeness (QED) is 0.778. The Morgan fingerprint density at radius 3 is 3.20 bits per heavy atom. The molecule has 1 aliphatic rings. The SMILES string of the molecule is OCC1CCCN1c1nc(Cl)ncc1F. The molecule has 2 heterocycles. The van der Waals surface area contributed by atoms with Gasteiger partial charge in [-0.3, -0.25) is 0 Å². The molecule has 1 N–H and O–H groups in total. The van der Waals surface area contributed by atoms with E-state index in [0.717, 1.165) is 19.0 Å². The van der Waals surface area contributed by atoms with Crippen LogP contribution in [0.15, 0.2) is 6.20 Å². The third-order valence-electron chi connectivity index (χ3n) is 2.56. The van der Waals surface area contributed by atoms with E-state index in [9.17, 15) is 4.39 Å². The van der Waals surface area contributed by atoms with Crippen molar-refractivity contribution in [3.8, 4) is 0 Å². The van der Waals surface area contributed by atoms with Gasteiger partial charge in [0.25, 0.3) is 0 Å². The van der Waals surface area contributed by atoms with Crippen LogP contribution in [0.4, 0.5) is 10.2 Å². The molecule has 0 spiro atoms. The van der Waals surface area contributed by atoms with Crippen molar-refractivity contribution in [1.29, 1.82) is 0 Å². The van der Waals surface area contributed by atoms with Crippen LogP contribution in [0.5, 0.6) is 0 Å². The molecular formula is C9H11ClFN3O. The van der Waals surface area contributed by atoms with E-state index in [2.05, 4.69) is 9.97 Å². The zero-order valence-corrected chi connectivity index (χ0v) is 8.78. The molecule has 6 heteroatoms. The molecule has 15 heavy (non-hydrogen) atoms. The van der Waals surface area contributed by atoms with Crippen molar-refractivity contribution in [1.82, 2.24) is 9.97 Å². The normalized spacial score (nSPS) is 21.0. The van der Waals surface area contributed by atoms with Crippen molar-refractivity contribution in [3.05, 3.63) is 17.3 Å². The lowest BCUT2D eigenvalue weighted by molar-refractivity contribution is 0.265. The van der Waals surface area contributed by atoms with Crippen LogP contribution in [-0.2, 0) is 0 Å². The molecule has 0 radical (unpaired) electrons. The van der Waals surface area contributed by atoms with Gasteiger partial charge in [0.15, 0.2) is 11.6 Å². The van der Waals surface area contributed by atoms with Gasteiger partial charge in [-0.25, -0.2) is 9.37 Å². The fraction of sp³-hybridized carbons (Fsp3) is 0.556. The summed E-state index contributed by atoms with van der Waals surface area (Å²) in [6.45, 7) is 0.691. The van der Waals surface area contributed by atoms with E-state index in [1.807, 2.05) is 0 Å². The first kappa shape index (κ1) is 10.6. The molecule has 1 fully saturated rings. The largest absolute Gasteiger partial charge is 0.394 e. The number of halogens is 2. The van der Waals surface area contributed by atoms with E-state index in [4.69, 9.17) is 16.7 Å². The number of anilines is 1. The molecule has 4 nitrogen and oxygen atoms in total. The van der Waals surface area contributed by atoms with Crippen LogP contribution in [0.25, 0.3) is 0 Å². The number of aliphatic hydroxyl groups is 1. The van der Waals surface area contributed by atoms with Crippen molar-refractivity contribution in [2.45, 2.75) is 18.9 Å². The van der Waals surface area contributed by atoms with Crippen LogP contribution < -0.4 is 4.90 Å². The summed E-state index contributed by atoms with van der Waals surface area (Å²) < 4.78 is 13.4. The van der Waals surface area contributed by atoms with Gasteiger partial charge in [0.05, 0.1) is 18.8 Å². The van der Waals surface area contributed by atoms with Crippen LogP contribution in [0.2, 0.25) is 5.28 Å². The lowest BCUT2D eigenvalue weighted by Gasteiger charge is -2.24. The average molecular weight is 232 g/mol. The van der Waals surface area contributed by atoms with Gasteiger partial charge < -0.3 is 10.0 Å². The van der Waals surface area contributed by atoms with Gasteiger partial charge in [-0.1, -0.05) is 0 Å². The Bertz CT molecular complexity index is 363. The Kier molecular flexibility index (Phi) is 3.02. The van der Waals surface area contributed by atoms with Crippen molar-refractivity contribution in [2.75, 3.05) is 18.1 Å². The maximum Gasteiger partial charge on any atom is 0.224 e. The topological polar surface area (TPSA) is 49.2 Å². The molecule has 1 aromatic rings. The number of rotatable bonds is 2. The van der Waals surface area contributed by atoms with Gasteiger partial charge >= 0.3 is 0 Å². The average Bonchev–Trinajstić information content (AvgIpc) is 2.69. The molecule has 82 valence electrons. The lowest BCUT2D eigenvalue weighted by Crippen LogP contribution is -2.33. The first-order valence-electron chi connectivity index (χ1n) is 4.78. The summed E-state index contributed by atoms with van der Waals surface area (Å²) in [4.78, 5) is 9.14. The van der Waals surface area contributed by atoms with E-state index in [-0.39, 0.29) is 23.8 Å². The van der Waals surface area contributed by atoms with E-state index >= 15 is 0 Å². The van der Waals surface area contributed by atoms with Crippen molar-refractivity contribution in [2.24, 2.45) is 0 Å². The predicted molar refractivity (Wildman–Crippen MR) is 54.5 cm³/mol. The van der Waals surface area contributed by atoms with Crippen molar-refractivity contribution in [3.63, 3.8) is 0 Å². The molecule has 1 aromatic heterocycles. The highest BCUT2D eigenvalue weighted by Gasteiger charge is 2.27. The van der Waals surface area contributed by atoms with Crippen LogP contribution in [0.1, 0.15) is 12.8 Å². The fourth-order valence-electron chi connectivity index (χ4n) is 1.84. The lowest BCUT2D eigenvalue weighted by atomic mass is 10.2. The summed E-state index contributed by atoms with van der Waals surface area (Å²) in [7, 11) is 0. The first-order valence-corrected chi connectivity index (χ1v) is 5.15. The number of aromatic nitrogens is 2. The third-order valence-corrected chi connectivity index (χ3v) is 2.74. The highest BCUT2D eigenvalue weighted by molar-refractivity contribution is 6.28. The highest BCUT2D eigenvalue weighted by atomic mass is 35.5. The second-order valence-electron chi connectivity index (χ2n) is 3.48. The monoisotopic (exact) mass is 231 g/mol. The van der Waals surface area contributed by atoms with E-state index in [1.54, 1.807) is 4.90 Å². The Labute approximate surface area is 91.7 Å². The summed E-state index contributed by atoms with van der Waals surface area (Å²) in [5.41, 5.74) is 0. The van der Waals surface area contributed by atoms with Crippen molar-refractivity contribution >= 4 is 17.4 Å². The summed E-state index contributed by atoms with van der Waals surface area (Å²) >= 11 is 5.61. The Hall–Kier alpha value is -0.940. The van der Waals surface area contributed by atoms with E-state index < -0.39 is 5.82 Å². The number of hydrogen-bond donors (Lipinski definition) is 1. The molecule has 0 aliphatic carbocycles. The summed E-state index contributed by atoms with van der Waals surface area (Å²) in [5, 5.41) is 9.14. The second-order valence-corrected chi connectivity index (χ2v) is 3.82. The minimum absolute atomic E-state index is 0.00105. The minimum atomic E-state index is -0.500. The molecule has 1 saturated heterocycles. The number of nitrogens with zero attached hydrogens (tertiary/aromatic N) is 3. The van der Waals surface area contributed by atoms with Gasteiger partial charge in [0, 0.05) is 6.54 Å². The van der Waals surface area contributed by atoms with Gasteiger partial charge in [0.2, 0.25) is 5.28 Å². The fourth-order valence-corrected chi connectivity index (χ4v) is 1.97. The van der Waals surface area contributed by atoms with Crippen LogP contribution in [-0.4, -0.2) is 34.3 Å². The predicted octanol–water partition coefficient (Wildman–Crippen LogP) is 1.23. The van der Waals surface area contributed by atoms with Crippen LogP contribution >= 0.6 is 11.6 Å². The van der Waals surface area contributed by atoms with Gasteiger partial charge in [-0.2, -0.15) is 4.98 Å². The van der Waals surface area contributed by atoms with Gasteiger partial charge in [-0.15, -0.1) is 0 Å². The number of hydrogen-bond acceptors (Lipinski definition) is 4. The molecule has 2 rings (SSSR count). The van der Waals surface area contributed by atoms with Crippen LogP contribution in [0, 0.1) is 5.82 Å². The third kappa shape index (κ3) is 2.03. The minimum Gasteiger partial charge on any atom is -0.394 e. The Morgan fingerprint density at radius 1 is 1.67 bits per heavy atom. The molecule has 0 saturated carbocycles. The molecule has 0 aromatic carbocycles. The zero-order chi connectivity index (χ0) is 10.8. The van der Waals surface area contributed by atoms with E-state index in [0.29, 0.717) is 6.54 Å². The maximum atomic E-state index is 13.4. The summed E-state index contributed by atoms with van der Waals surface area (Å²) in [5.74, 6) is -0.314. The molecule has 1 aliphatic heterocycles. The summed E-state index contributed by atoms with van der Waals surface area (Å²) in [6.07, 6.45) is 2.82. The van der Waals surface area contributed by atoms with Crippen LogP contribution in [0.3, 0.4) is 0 Å². The maximum absolute atomic E-state index is 13.4. The Morgan fingerprint density at radius 2 is 2.47 bits per heavy atom. The molecular weight excluding hydrogens is 221 g/mol. The van der Waals surface area contributed by atoms with Gasteiger partial charge in [0.1, 0.15) is 0 Å². The highest BCUT2D eigenvalue weighted by Crippen LogP contribution is 2.26. The molecule has 1 atom stereocenters. The van der Waals surface area contributed by atoms with E-state index in [1.165, 1.54) is 0 Å². The van der Waals surface area contributed by atoms with Crippen molar-refractivity contribution < 1.29 is 9.50 Å². The zero-order valence-electron chi connectivity index (χ0n) is 8.03. The standard InChI is InChI=1S/C9H11ClFN3O/c10-9-12-4-7(11)8(13-9)14-3-1-2-6(14)5-15/h4,6,15H,1-3,5H2. The van der Waals surface area contributed by atoms with Gasteiger partial charge in [-0.05, 0) is 24.4 Å². The Balaban J connectivity index is 2.31. The summed E-state index contributed by atoms with van der Waals surface area (Å²) in [6, 6.07) is -0.0644. The molecule has 1 unspecified atom stereocenters. The number of aliphatic hydroxyl groups excluding tert-OH is 1. The molecule has 0 amide bonds. The smallest absolute Gasteiger partial charge is 0.224 e.